The summed E-state index contributed by atoms with van der Waals surface area (Å²) in [6.45, 7) is 5.50. The largest absolute Gasteiger partial charge is 0.286 e. The molecule has 0 heterocycles. The standard InChI is InChI=1S/C9H9NO5S/c1-7(6-16(13,14)15)8-2-4-9(5-3-8)10(11)12/h1-5,7H,6H2,(H,13,14,15). The summed E-state index contributed by atoms with van der Waals surface area (Å²) in [6, 6.07) is 5.15. The van der Waals surface area contributed by atoms with Crippen LogP contribution in [0.3, 0.4) is 0 Å². The van der Waals surface area contributed by atoms with Gasteiger partial charge in [0.2, 0.25) is 0 Å². The van der Waals surface area contributed by atoms with E-state index in [1.54, 1.807) is 0 Å². The number of nitro groups is 1. The fourth-order valence-corrected chi connectivity index (χ4v) is 1.81. The topological polar surface area (TPSA) is 97.5 Å². The van der Waals surface area contributed by atoms with Crippen LogP contribution in [-0.4, -0.2) is 23.6 Å². The van der Waals surface area contributed by atoms with Crippen LogP contribution in [0.1, 0.15) is 11.5 Å². The minimum absolute atomic E-state index is 0.109. The number of non-ortho nitro benzene ring substituents is 1. The average molecular weight is 243 g/mol. The molecule has 0 aliphatic heterocycles. The molecule has 0 amide bonds. The van der Waals surface area contributed by atoms with E-state index in [4.69, 9.17) is 11.5 Å². The van der Waals surface area contributed by atoms with Gasteiger partial charge in [-0.1, -0.05) is 12.1 Å². The molecular weight excluding hydrogens is 234 g/mol. The molecule has 7 heteroatoms. The second-order valence-corrected chi connectivity index (χ2v) is 4.70. The van der Waals surface area contributed by atoms with Gasteiger partial charge in [-0.3, -0.25) is 14.7 Å². The van der Waals surface area contributed by atoms with Gasteiger partial charge in [0, 0.05) is 18.1 Å². The van der Waals surface area contributed by atoms with Crippen LogP contribution in [0, 0.1) is 17.0 Å². The maximum atomic E-state index is 10.6. The molecule has 0 fully saturated rings. The highest BCUT2D eigenvalue weighted by Gasteiger charge is 2.15. The third-order valence-corrected chi connectivity index (χ3v) is 2.70. The van der Waals surface area contributed by atoms with Crippen molar-refractivity contribution < 1.29 is 17.9 Å². The Labute approximate surface area is 92.8 Å². The number of rotatable bonds is 4. The van der Waals surface area contributed by atoms with Crippen LogP contribution in [0.4, 0.5) is 5.69 Å². The molecule has 1 atom stereocenters. The summed E-state index contributed by atoms with van der Waals surface area (Å²) in [4.78, 5) is 9.78. The van der Waals surface area contributed by atoms with Gasteiger partial charge in [-0.2, -0.15) is 8.42 Å². The Bertz CT molecular complexity index is 479. The van der Waals surface area contributed by atoms with Gasteiger partial charge in [0.15, 0.2) is 0 Å². The Kier molecular flexibility index (Phi) is 3.61. The van der Waals surface area contributed by atoms with Crippen molar-refractivity contribution in [2.75, 3.05) is 5.75 Å². The van der Waals surface area contributed by atoms with Crippen molar-refractivity contribution in [1.29, 1.82) is 0 Å². The molecule has 0 aromatic heterocycles. The average Bonchev–Trinajstić information content (AvgIpc) is 2.15. The molecule has 0 aliphatic carbocycles. The lowest BCUT2D eigenvalue weighted by Crippen LogP contribution is -2.11. The van der Waals surface area contributed by atoms with Crippen molar-refractivity contribution >= 4 is 15.8 Å². The number of nitro benzene ring substituents is 1. The Morgan fingerprint density at radius 2 is 1.88 bits per heavy atom. The number of hydrogen-bond acceptors (Lipinski definition) is 4. The van der Waals surface area contributed by atoms with Gasteiger partial charge in [0.25, 0.3) is 15.8 Å². The van der Waals surface area contributed by atoms with Crippen molar-refractivity contribution in [3.8, 4) is 0 Å². The molecule has 1 rings (SSSR count). The maximum absolute atomic E-state index is 10.6. The minimum atomic E-state index is -4.16. The van der Waals surface area contributed by atoms with Gasteiger partial charge < -0.3 is 0 Å². The van der Waals surface area contributed by atoms with E-state index in [2.05, 4.69) is 0 Å². The maximum Gasteiger partial charge on any atom is 0.269 e. The summed E-state index contributed by atoms with van der Waals surface area (Å²) in [6.07, 6.45) is 0. The van der Waals surface area contributed by atoms with E-state index in [1.807, 2.05) is 0 Å². The van der Waals surface area contributed by atoms with E-state index in [0.29, 0.717) is 5.56 Å². The summed E-state index contributed by atoms with van der Waals surface area (Å²) in [5.74, 6) is -1.53. The minimum Gasteiger partial charge on any atom is -0.286 e. The molecule has 16 heavy (non-hydrogen) atoms. The molecule has 0 spiro atoms. The normalized spacial score (nSPS) is 13.4. The zero-order valence-corrected chi connectivity index (χ0v) is 8.92. The van der Waals surface area contributed by atoms with Crippen LogP contribution >= 0.6 is 0 Å². The van der Waals surface area contributed by atoms with E-state index in [-0.39, 0.29) is 5.69 Å². The first-order chi connectivity index (χ1) is 7.29. The molecule has 1 N–H and O–H groups in total. The van der Waals surface area contributed by atoms with E-state index in [0.717, 1.165) is 0 Å². The Hall–Kier alpha value is -1.47. The molecule has 1 aromatic carbocycles. The first-order valence-corrected chi connectivity index (χ1v) is 5.85. The third kappa shape index (κ3) is 3.59. The molecule has 1 aromatic rings. The zero-order chi connectivity index (χ0) is 12.3. The summed E-state index contributed by atoms with van der Waals surface area (Å²) in [5.41, 5.74) is 0.297. The fraction of sp³-hybridized carbons (Fsp3) is 0.222. The smallest absolute Gasteiger partial charge is 0.269 e. The lowest BCUT2D eigenvalue weighted by atomic mass is 10.0. The summed E-state index contributed by atoms with van der Waals surface area (Å²) in [7, 11) is -4.16. The van der Waals surface area contributed by atoms with Gasteiger partial charge in [0.05, 0.1) is 10.7 Å². The van der Waals surface area contributed by atoms with E-state index in [1.165, 1.54) is 24.3 Å². The second-order valence-electron chi connectivity index (χ2n) is 3.20. The summed E-state index contributed by atoms with van der Waals surface area (Å²) >= 11 is 0. The van der Waals surface area contributed by atoms with Crippen molar-refractivity contribution in [3.63, 3.8) is 0 Å². The van der Waals surface area contributed by atoms with Crippen molar-refractivity contribution in [3.05, 3.63) is 46.9 Å². The zero-order valence-electron chi connectivity index (χ0n) is 8.11. The molecule has 1 unspecified atom stereocenters. The molecule has 0 saturated heterocycles. The molecule has 86 valence electrons. The SMILES string of the molecule is [CH]C(CS(=O)(=O)O)c1ccc([N+](=O)[O-])cc1. The molecule has 6 nitrogen and oxygen atoms in total. The van der Waals surface area contributed by atoms with Gasteiger partial charge in [0.1, 0.15) is 0 Å². The summed E-state index contributed by atoms with van der Waals surface area (Å²) in [5, 5.41) is 10.3. The monoisotopic (exact) mass is 243 g/mol. The molecule has 0 bridgehead atoms. The van der Waals surface area contributed by atoms with Crippen LogP contribution in [0.15, 0.2) is 24.3 Å². The number of nitrogens with zero attached hydrogens (tertiary/aromatic N) is 1. The van der Waals surface area contributed by atoms with Crippen molar-refractivity contribution in [2.24, 2.45) is 0 Å². The first kappa shape index (κ1) is 12.6. The highest BCUT2D eigenvalue weighted by Crippen LogP contribution is 2.19. The van der Waals surface area contributed by atoms with Crippen molar-refractivity contribution in [1.82, 2.24) is 0 Å². The Morgan fingerprint density at radius 1 is 1.38 bits per heavy atom. The quantitative estimate of drug-likeness (QED) is 0.488. The lowest BCUT2D eigenvalue weighted by Gasteiger charge is -2.08. The number of hydrogen-bond donors (Lipinski definition) is 1. The highest BCUT2D eigenvalue weighted by atomic mass is 32.2. The van der Waals surface area contributed by atoms with Gasteiger partial charge in [-0.05, 0) is 12.5 Å². The van der Waals surface area contributed by atoms with Crippen molar-refractivity contribution in [2.45, 2.75) is 5.92 Å². The lowest BCUT2D eigenvalue weighted by molar-refractivity contribution is -0.384. The molecular formula is C9H9NO5S. The van der Waals surface area contributed by atoms with Crippen LogP contribution in [0.5, 0.6) is 0 Å². The van der Waals surface area contributed by atoms with E-state index < -0.39 is 26.7 Å². The van der Waals surface area contributed by atoms with Gasteiger partial charge >= 0.3 is 0 Å². The molecule has 2 radical (unpaired) electrons. The van der Waals surface area contributed by atoms with Crippen LogP contribution in [0.2, 0.25) is 0 Å². The Morgan fingerprint density at radius 3 is 2.25 bits per heavy atom. The van der Waals surface area contributed by atoms with Crippen LogP contribution in [0.25, 0.3) is 0 Å². The highest BCUT2D eigenvalue weighted by molar-refractivity contribution is 7.85. The predicted octanol–water partition coefficient (Wildman–Crippen LogP) is 1.28. The van der Waals surface area contributed by atoms with Gasteiger partial charge in [-0.15, -0.1) is 0 Å². The molecule has 0 saturated carbocycles. The van der Waals surface area contributed by atoms with Gasteiger partial charge in [-0.25, -0.2) is 0 Å². The Balaban J connectivity index is 2.86. The van der Waals surface area contributed by atoms with Crippen LogP contribution < -0.4 is 0 Å². The van der Waals surface area contributed by atoms with E-state index in [9.17, 15) is 18.5 Å². The fourth-order valence-electron chi connectivity index (χ4n) is 1.17. The van der Waals surface area contributed by atoms with Crippen LogP contribution in [-0.2, 0) is 10.1 Å². The predicted molar refractivity (Wildman–Crippen MR) is 56.6 cm³/mol. The van der Waals surface area contributed by atoms with E-state index >= 15 is 0 Å². The second kappa shape index (κ2) is 4.58. The first-order valence-electron chi connectivity index (χ1n) is 4.24. The molecule has 0 aliphatic rings. The summed E-state index contributed by atoms with van der Waals surface area (Å²) < 4.78 is 29.7. The third-order valence-electron chi connectivity index (χ3n) is 1.92. The number of benzene rings is 1.